The highest BCUT2D eigenvalue weighted by atomic mass is 32.2. The molecule has 1 heterocycles. The van der Waals surface area contributed by atoms with Crippen molar-refractivity contribution in [3.63, 3.8) is 0 Å². The Bertz CT molecular complexity index is 2700. The second-order valence-electron chi connectivity index (χ2n) is 17.2. The fourth-order valence-corrected chi connectivity index (χ4v) is 9.66. The van der Waals surface area contributed by atoms with E-state index in [0.29, 0.717) is 6.54 Å². The third kappa shape index (κ3) is 12.1. The van der Waals surface area contributed by atoms with Crippen LogP contribution in [-0.2, 0) is 57.0 Å². The topological polar surface area (TPSA) is 117 Å². The zero-order chi connectivity index (χ0) is 45.9. The van der Waals surface area contributed by atoms with Gasteiger partial charge in [0.1, 0.15) is 6.04 Å². The van der Waals surface area contributed by atoms with Gasteiger partial charge >= 0.3 is 0 Å². The Kier molecular flexibility index (Phi) is 15.3. The Balaban J connectivity index is 0.987. The molecule has 0 radical (unpaired) electrons. The fraction of sp³-hybridized carbons (Fsp3) is 0.232. The lowest BCUT2D eigenvalue weighted by Gasteiger charge is -2.43. The van der Waals surface area contributed by atoms with Crippen LogP contribution in [-0.4, -0.2) is 43.0 Å². The summed E-state index contributed by atoms with van der Waals surface area (Å²) >= 11 is 0. The van der Waals surface area contributed by atoms with E-state index in [0.717, 1.165) is 57.6 Å². The van der Waals surface area contributed by atoms with Crippen molar-refractivity contribution in [3.8, 4) is 11.1 Å². The van der Waals surface area contributed by atoms with E-state index >= 15 is 0 Å². The van der Waals surface area contributed by atoms with Crippen molar-refractivity contribution in [2.24, 2.45) is 5.92 Å². The predicted octanol–water partition coefficient (Wildman–Crippen LogP) is 9.85. The van der Waals surface area contributed by atoms with Crippen LogP contribution in [0.2, 0.25) is 0 Å². The van der Waals surface area contributed by atoms with Gasteiger partial charge in [0, 0.05) is 37.7 Å². The van der Waals surface area contributed by atoms with Crippen LogP contribution in [0.1, 0.15) is 63.8 Å². The Labute approximate surface area is 389 Å². The Morgan fingerprint density at radius 1 is 0.636 bits per heavy atom. The number of amides is 1. The van der Waals surface area contributed by atoms with E-state index in [1.165, 1.54) is 11.1 Å². The standard InChI is InChI=1S/C56H57N3O6S/c1-40-21-31-51(32-22-40)66(62,63)58-52(34-42-13-6-3-7-14-42)55(61)57-35-46-19-12-20-50(33-46)47-27-29-49(30-28-47)56-64-53(41(2)54(65-56)48-25-23-45(39-60)24-26-48)38-59(36-43-15-8-4-9-16-43)37-44-17-10-5-11-18-44/h3-33,41,52-54,56,58,60H,34-39H2,1-2H3,(H,57,61)/t41-,52-,53+,54+,56+/m1/s1. The maximum absolute atomic E-state index is 13.8. The number of aryl methyl sites for hydroxylation is 1. The van der Waals surface area contributed by atoms with Crippen molar-refractivity contribution < 1.29 is 27.8 Å². The smallest absolute Gasteiger partial charge is 0.241 e. The highest BCUT2D eigenvalue weighted by Gasteiger charge is 2.39. The van der Waals surface area contributed by atoms with Gasteiger partial charge in [0.2, 0.25) is 15.9 Å². The van der Waals surface area contributed by atoms with E-state index in [4.69, 9.17) is 9.47 Å². The number of carbonyl (C=O) groups excluding carboxylic acids is 1. The van der Waals surface area contributed by atoms with E-state index in [1.807, 2.05) is 110 Å². The number of hydrogen-bond donors (Lipinski definition) is 3. The number of benzene rings is 7. The van der Waals surface area contributed by atoms with Crippen LogP contribution in [0.4, 0.5) is 0 Å². The van der Waals surface area contributed by atoms with Gasteiger partial charge in [-0.15, -0.1) is 0 Å². The average molecular weight is 900 g/mol. The van der Waals surface area contributed by atoms with Crippen LogP contribution >= 0.6 is 0 Å². The van der Waals surface area contributed by atoms with Crippen LogP contribution in [0.15, 0.2) is 193 Å². The molecule has 1 aliphatic heterocycles. The Hall–Kier alpha value is -6.24. The van der Waals surface area contributed by atoms with Crippen molar-refractivity contribution in [1.29, 1.82) is 0 Å². The third-order valence-corrected chi connectivity index (χ3v) is 13.7. The molecule has 0 aliphatic carbocycles. The first-order valence-corrected chi connectivity index (χ1v) is 24.0. The second-order valence-corrected chi connectivity index (χ2v) is 18.9. The fourth-order valence-electron chi connectivity index (χ4n) is 8.47. The van der Waals surface area contributed by atoms with Gasteiger partial charge in [0.15, 0.2) is 6.29 Å². The molecular weight excluding hydrogens is 843 g/mol. The van der Waals surface area contributed by atoms with Gasteiger partial charge in [-0.2, -0.15) is 4.72 Å². The van der Waals surface area contributed by atoms with Crippen LogP contribution in [0.3, 0.4) is 0 Å². The van der Waals surface area contributed by atoms with Gasteiger partial charge in [-0.1, -0.05) is 182 Å². The lowest BCUT2D eigenvalue weighted by Crippen LogP contribution is -2.47. The minimum absolute atomic E-state index is 0.0137. The summed E-state index contributed by atoms with van der Waals surface area (Å²) in [6.45, 7) is 6.48. The number of aliphatic hydroxyl groups excluding tert-OH is 1. The number of nitrogens with one attached hydrogen (secondary N) is 2. The molecule has 0 spiro atoms. The van der Waals surface area contributed by atoms with Gasteiger partial charge in [0.05, 0.1) is 23.7 Å². The van der Waals surface area contributed by atoms with Crippen molar-refractivity contribution in [2.45, 2.75) is 75.9 Å². The highest BCUT2D eigenvalue weighted by Crippen LogP contribution is 2.42. The van der Waals surface area contributed by atoms with Crippen LogP contribution in [0.5, 0.6) is 0 Å². The van der Waals surface area contributed by atoms with Gasteiger partial charge in [0.25, 0.3) is 0 Å². The molecule has 0 unspecified atom stereocenters. The number of rotatable bonds is 18. The number of sulfonamides is 1. The molecule has 0 aromatic heterocycles. The minimum Gasteiger partial charge on any atom is -0.392 e. The predicted molar refractivity (Wildman–Crippen MR) is 259 cm³/mol. The lowest BCUT2D eigenvalue weighted by molar-refractivity contribution is -0.276. The van der Waals surface area contributed by atoms with Gasteiger partial charge in [-0.05, 0) is 76.1 Å². The van der Waals surface area contributed by atoms with Crippen molar-refractivity contribution >= 4 is 15.9 Å². The van der Waals surface area contributed by atoms with Crippen LogP contribution in [0, 0.1) is 12.8 Å². The Morgan fingerprint density at radius 2 is 1.21 bits per heavy atom. The average Bonchev–Trinajstić information content (AvgIpc) is 3.35. The summed E-state index contributed by atoms with van der Waals surface area (Å²) in [5.74, 6) is -0.407. The maximum Gasteiger partial charge on any atom is 0.241 e. The van der Waals surface area contributed by atoms with Crippen molar-refractivity contribution in [3.05, 3.63) is 233 Å². The molecule has 66 heavy (non-hydrogen) atoms. The summed E-state index contributed by atoms with van der Waals surface area (Å²) in [6, 6.07) is 60.1. The first-order valence-electron chi connectivity index (χ1n) is 22.5. The largest absolute Gasteiger partial charge is 0.392 e. The van der Waals surface area contributed by atoms with Crippen LogP contribution < -0.4 is 10.0 Å². The van der Waals surface area contributed by atoms with Crippen molar-refractivity contribution in [2.75, 3.05) is 6.54 Å². The normalized spacial score (nSPS) is 17.9. The van der Waals surface area contributed by atoms with Crippen LogP contribution in [0.25, 0.3) is 11.1 Å². The van der Waals surface area contributed by atoms with Gasteiger partial charge in [-0.25, -0.2) is 8.42 Å². The molecule has 1 amide bonds. The van der Waals surface area contributed by atoms with Crippen molar-refractivity contribution in [1.82, 2.24) is 14.9 Å². The van der Waals surface area contributed by atoms with Gasteiger partial charge < -0.3 is 19.9 Å². The quantitative estimate of drug-likeness (QED) is 0.0786. The molecule has 1 saturated heterocycles. The van der Waals surface area contributed by atoms with E-state index in [9.17, 15) is 18.3 Å². The summed E-state index contributed by atoms with van der Waals surface area (Å²) in [4.78, 5) is 16.3. The molecule has 0 bridgehead atoms. The second kappa shape index (κ2) is 21.8. The number of hydrogen-bond acceptors (Lipinski definition) is 7. The molecule has 1 aliphatic rings. The summed E-state index contributed by atoms with van der Waals surface area (Å²) in [7, 11) is -3.97. The first kappa shape index (κ1) is 46.3. The molecule has 7 aromatic carbocycles. The lowest BCUT2D eigenvalue weighted by atomic mass is 9.89. The molecule has 8 rings (SSSR count). The van der Waals surface area contributed by atoms with E-state index in [-0.39, 0.29) is 42.6 Å². The van der Waals surface area contributed by atoms with E-state index < -0.39 is 28.3 Å². The van der Waals surface area contributed by atoms with E-state index in [1.54, 1.807) is 24.3 Å². The number of nitrogens with zero attached hydrogens (tertiary/aromatic N) is 1. The molecule has 338 valence electrons. The highest BCUT2D eigenvalue weighted by molar-refractivity contribution is 7.89. The zero-order valence-corrected chi connectivity index (χ0v) is 38.2. The monoisotopic (exact) mass is 899 g/mol. The molecular formula is C56H57N3O6S. The summed E-state index contributed by atoms with van der Waals surface area (Å²) < 4.78 is 43.3. The SMILES string of the molecule is Cc1ccc(S(=O)(=O)N[C@H](Cc2ccccc2)C(=O)NCc2cccc(-c3ccc([C@H]4O[C@@H](CN(Cc5ccccc5)Cc5ccccc5)[C@@H](C)[C@@H](c5ccc(CO)cc5)O4)cc3)c2)cc1. The molecule has 0 saturated carbocycles. The number of carbonyl (C=O) groups is 1. The molecule has 10 heteroatoms. The zero-order valence-electron chi connectivity index (χ0n) is 37.4. The third-order valence-electron chi connectivity index (χ3n) is 12.2. The molecule has 7 aromatic rings. The minimum atomic E-state index is -3.97. The molecule has 1 fully saturated rings. The molecule has 5 atom stereocenters. The Morgan fingerprint density at radius 3 is 1.82 bits per heavy atom. The number of ether oxygens (including phenoxy) is 2. The number of aliphatic hydroxyl groups is 1. The van der Waals surface area contributed by atoms with E-state index in [2.05, 4.69) is 82.5 Å². The molecule has 3 N–H and O–H groups in total. The molecule has 9 nitrogen and oxygen atoms in total. The first-order chi connectivity index (χ1) is 32.1. The maximum atomic E-state index is 13.8. The summed E-state index contributed by atoms with van der Waals surface area (Å²) in [5, 5.41) is 12.8. The summed E-state index contributed by atoms with van der Waals surface area (Å²) in [6.07, 6.45) is -0.870. The van der Waals surface area contributed by atoms with Gasteiger partial charge in [-0.3, -0.25) is 9.69 Å². The summed E-state index contributed by atoms with van der Waals surface area (Å²) in [5.41, 5.74) is 9.83.